The lowest BCUT2D eigenvalue weighted by Gasteiger charge is -2.24. The summed E-state index contributed by atoms with van der Waals surface area (Å²) >= 11 is 1.33. The topological polar surface area (TPSA) is 88.4 Å². The lowest BCUT2D eigenvalue weighted by atomic mass is 9.99. The van der Waals surface area contributed by atoms with Crippen molar-refractivity contribution >= 4 is 17.7 Å². The normalized spacial score (nSPS) is 12.0. The molecule has 9 heteroatoms. The fourth-order valence-corrected chi connectivity index (χ4v) is 4.67. The average Bonchev–Trinajstić information content (AvgIpc) is 2.83. The van der Waals surface area contributed by atoms with E-state index in [2.05, 4.69) is 9.97 Å². The highest BCUT2D eigenvalue weighted by Gasteiger charge is 2.28. The van der Waals surface area contributed by atoms with Crippen molar-refractivity contribution in [2.24, 2.45) is 0 Å². The summed E-state index contributed by atoms with van der Waals surface area (Å²) in [6.45, 7) is 6.85. The number of halogens is 1. The Kier molecular flexibility index (Phi) is 6.90. The third kappa shape index (κ3) is 4.69. The van der Waals surface area contributed by atoms with Crippen LogP contribution < -0.4 is 4.74 Å². The van der Waals surface area contributed by atoms with E-state index < -0.39 is 0 Å². The molecule has 0 unspecified atom stereocenters. The number of carbonyl (C=O) groups is 1. The second-order valence-corrected chi connectivity index (χ2v) is 8.58. The number of aryl methyl sites for hydroxylation is 1. The number of aliphatic hydroxyl groups is 1. The van der Waals surface area contributed by atoms with Crippen molar-refractivity contribution in [1.29, 1.82) is 0 Å². The monoisotopic (exact) mass is 468 g/mol. The summed E-state index contributed by atoms with van der Waals surface area (Å²) in [7, 11) is 0. The number of aliphatic hydroxyl groups excluding tert-OH is 1. The van der Waals surface area contributed by atoms with Crippen LogP contribution in [0.4, 0.5) is 4.39 Å². The van der Waals surface area contributed by atoms with E-state index in [-0.39, 0.29) is 24.1 Å². The highest BCUT2D eigenvalue weighted by atomic mass is 32.2. The second kappa shape index (κ2) is 9.84. The second-order valence-electron chi connectivity index (χ2n) is 7.61. The fraction of sp³-hybridized carbons (Fsp3) is 0.333. The molecule has 0 atom stereocenters. The van der Waals surface area contributed by atoms with E-state index in [0.717, 1.165) is 11.1 Å². The van der Waals surface area contributed by atoms with Crippen LogP contribution in [0.25, 0.3) is 11.4 Å². The summed E-state index contributed by atoms with van der Waals surface area (Å²) in [5.74, 6) is 1.25. The molecule has 0 bridgehead atoms. The van der Waals surface area contributed by atoms with Crippen LogP contribution in [-0.4, -0.2) is 49.7 Å². The molecule has 33 heavy (non-hydrogen) atoms. The van der Waals surface area contributed by atoms with E-state index in [1.54, 1.807) is 23.2 Å². The van der Waals surface area contributed by atoms with Crippen molar-refractivity contribution in [2.75, 3.05) is 18.8 Å². The predicted octanol–water partition coefficient (Wildman–Crippen LogP) is 4.14. The van der Waals surface area contributed by atoms with E-state index in [4.69, 9.17) is 9.72 Å². The van der Waals surface area contributed by atoms with Crippen LogP contribution in [0.5, 0.6) is 11.6 Å². The molecule has 0 aliphatic carbocycles. The molecule has 172 valence electrons. The molecule has 0 saturated carbocycles. The van der Waals surface area contributed by atoms with Gasteiger partial charge in [-0.1, -0.05) is 11.8 Å². The van der Waals surface area contributed by atoms with Crippen molar-refractivity contribution in [3.05, 3.63) is 58.7 Å². The van der Waals surface area contributed by atoms with Gasteiger partial charge in [-0.05, 0) is 45.0 Å². The molecule has 3 heterocycles. The number of carbonyl (C=O) groups excluding carboxylic acids is 1. The van der Waals surface area contributed by atoms with Crippen LogP contribution in [0, 0.1) is 12.7 Å². The van der Waals surface area contributed by atoms with Crippen molar-refractivity contribution in [1.82, 2.24) is 19.9 Å². The molecule has 0 radical (unpaired) electrons. The van der Waals surface area contributed by atoms with Crippen molar-refractivity contribution in [3.8, 4) is 23.0 Å². The highest BCUT2D eigenvalue weighted by Crippen LogP contribution is 2.42. The van der Waals surface area contributed by atoms with Gasteiger partial charge in [0.1, 0.15) is 10.8 Å². The first-order valence-electron chi connectivity index (χ1n) is 10.8. The number of benzene rings is 1. The molecule has 0 fully saturated rings. The molecule has 1 N–H and O–H groups in total. The van der Waals surface area contributed by atoms with E-state index in [1.807, 2.05) is 20.8 Å². The van der Waals surface area contributed by atoms with E-state index >= 15 is 0 Å². The first kappa shape index (κ1) is 23.1. The number of rotatable bonds is 7. The van der Waals surface area contributed by atoms with Crippen LogP contribution in [0.2, 0.25) is 0 Å². The zero-order valence-corrected chi connectivity index (χ0v) is 19.6. The molecule has 1 amide bonds. The molecule has 1 aliphatic heterocycles. The Morgan fingerprint density at radius 3 is 2.58 bits per heavy atom. The Morgan fingerprint density at radius 2 is 1.91 bits per heavy atom. The molecule has 4 rings (SSSR count). The molecule has 0 saturated heterocycles. The van der Waals surface area contributed by atoms with Gasteiger partial charge in [-0.15, -0.1) is 0 Å². The zero-order valence-electron chi connectivity index (χ0n) is 18.8. The van der Waals surface area contributed by atoms with Crippen LogP contribution in [-0.2, 0) is 17.8 Å². The highest BCUT2D eigenvalue weighted by molar-refractivity contribution is 7.99. The number of ether oxygens (including phenoxy) is 1. The molecule has 0 spiro atoms. The maximum atomic E-state index is 13.4. The number of aromatic nitrogens is 3. The summed E-state index contributed by atoms with van der Waals surface area (Å²) in [5, 5.41) is 10.4. The predicted molar refractivity (Wildman–Crippen MR) is 124 cm³/mol. The van der Waals surface area contributed by atoms with E-state index in [9.17, 15) is 14.3 Å². The van der Waals surface area contributed by atoms with Gasteiger partial charge in [0.15, 0.2) is 11.6 Å². The minimum absolute atomic E-state index is 0.0221. The molecular formula is C24H25FN4O3S. The Bertz CT molecular complexity index is 1180. The Morgan fingerprint density at radius 1 is 1.18 bits per heavy atom. The molecule has 7 nitrogen and oxygen atoms in total. The maximum absolute atomic E-state index is 13.4. The Balaban J connectivity index is 1.76. The Hall–Kier alpha value is -3.04. The van der Waals surface area contributed by atoms with Gasteiger partial charge in [0, 0.05) is 42.4 Å². The summed E-state index contributed by atoms with van der Waals surface area (Å²) in [4.78, 5) is 28.1. The first-order chi connectivity index (χ1) is 15.9. The number of amides is 1. The first-order valence-corrected chi connectivity index (χ1v) is 11.8. The van der Waals surface area contributed by atoms with E-state index in [1.165, 1.54) is 23.9 Å². The number of thioether (sulfide) groups is 1. The van der Waals surface area contributed by atoms with Gasteiger partial charge < -0.3 is 14.7 Å². The summed E-state index contributed by atoms with van der Waals surface area (Å²) in [6.07, 6.45) is 2.10. The van der Waals surface area contributed by atoms with Gasteiger partial charge in [0.2, 0.25) is 11.8 Å². The molecule has 1 aromatic carbocycles. The number of pyridine rings is 1. The lowest BCUT2D eigenvalue weighted by molar-refractivity contribution is -0.127. The van der Waals surface area contributed by atoms with Gasteiger partial charge in [-0.25, -0.2) is 9.37 Å². The van der Waals surface area contributed by atoms with Crippen LogP contribution >= 0.6 is 11.8 Å². The smallest absolute Gasteiger partial charge is 0.232 e. The third-order valence-electron chi connectivity index (χ3n) is 5.61. The van der Waals surface area contributed by atoms with Crippen LogP contribution in [0.1, 0.15) is 36.2 Å². The van der Waals surface area contributed by atoms with E-state index in [0.29, 0.717) is 58.8 Å². The summed E-state index contributed by atoms with van der Waals surface area (Å²) in [6, 6.07) is 5.93. The van der Waals surface area contributed by atoms with Crippen LogP contribution in [0.15, 0.2) is 35.5 Å². The van der Waals surface area contributed by atoms with Gasteiger partial charge in [-0.3, -0.25) is 9.78 Å². The largest absolute Gasteiger partial charge is 0.436 e. The minimum atomic E-state index is -0.348. The van der Waals surface area contributed by atoms with Crippen LogP contribution in [0.3, 0.4) is 0 Å². The standard InChI is InChI=1S/C24H25FN4O3S/c1-4-29(5-2)20(31)13-33-24-19-10-18-16(12-30)11-26-14(3)21(18)32-23(19)27-22(28-24)15-6-8-17(25)9-7-15/h6-9,11,30H,4-5,10,12-13H2,1-3H3. The van der Waals surface area contributed by atoms with Gasteiger partial charge >= 0.3 is 0 Å². The van der Waals surface area contributed by atoms with Gasteiger partial charge in [0.05, 0.1) is 23.6 Å². The molecular weight excluding hydrogens is 443 g/mol. The summed E-state index contributed by atoms with van der Waals surface area (Å²) in [5.41, 5.74) is 3.61. The number of fused-ring (bicyclic) bond motifs is 2. The third-order valence-corrected chi connectivity index (χ3v) is 6.61. The number of nitrogens with zero attached hydrogens (tertiary/aromatic N) is 4. The van der Waals surface area contributed by atoms with Gasteiger partial charge in [-0.2, -0.15) is 4.98 Å². The lowest BCUT2D eigenvalue weighted by Crippen LogP contribution is -2.31. The summed E-state index contributed by atoms with van der Waals surface area (Å²) < 4.78 is 19.6. The maximum Gasteiger partial charge on any atom is 0.232 e. The fourth-order valence-electron chi connectivity index (χ4n) is 3.74. The van der Waals surface area contributed by atoms with Gasteiger partial charge in [0.25, 0.3) is 0 Å². The Labute approximate surface area is 196 Å². The SMILES string of the molecule is CCN(CC)C(=O)CSc1nc(-c2ccc(F)cc2)nc2c1Cc1c(CO)cnc(C)c1O2. The van der Waals surface area contributed by atoms with Crippen molar-refractivity contribution in [2.45, 2.75) is 38.8 Å². The molecule has 3 aromatic rings. The molecule has 2 aromatic heterocycles. The average molecular weight is 469 g/mol. The quantitative estimate of drug-likeness (QED) is 0.322. The minimum Gasteiger partial charge on any atom is -0.436 e. The molecule has 1 aliphatic rings. The van der Waals surface area contributed by atoms with Crippen molar-refractivity contribution in [3.63, 3.8) is 0 Å². The number of hydrogen-bond donors (Lipinski definition) is 1. The zero-order chi connectivity index (χ0) is 23.5. The van der Waals surface area contributed by atoms with Crippen molar-refractivity contribution < 1.29 is 19.0 Å². The number of hydrogen-bond acceptors (Lipinski definition) is 7.